The minimum atomic E-state index is 0.102. The van der Waals surface area contributed by atoms with Gasteiger partial charge in [-0.2, -0.15) is 0 Å². The molecular weight excluding hydrogens is 234 g/mol. The fourth-order valence-corrected chi connectivity index (χ4v) is 3.24. The van der Waals surface area contributed by atoms with Crippen LogP contribution in [0.4, 0.5) is 0 Å². The van der Waals surface area contributed by atoms with Crippen molar-refractivity contribution in [2.45, 2.75) is 46.5 Å². The van der Waals surface area contributed by atoms with Gasteiger partial charge in [0.25, 0.3) is 0 Å². The van der Waals surface area contributed by atoms with Gasteiger partial charge in [-0.3, -0.25) is 0 Å². The normalized spacial score (nSPS) is 14.5. The van der Waals surface area contributed by atoms with Gasteiger partial charge in [-0.1, -0.05) is 38.5 Å². The molecule has 2 nitrogen and oxygen atoms in total. The van der Waals surface area contributed by atoms with Crippen LogP contribution in [-0.4, -0.2) is 20.7 Å². The van der Waals surface area contributed by atoms with Crippen LogP contribution in [0.1, 0.15) is 43.9 Å². The van der Waals surface area contributed by atoms with Gasteiger partial charge in [0.15, 0.2) is 0 Å². The van der Waals surface area contributed by atoms with Crippen molar-refractivity contribution >= 4 is 0 Å². The van der Waals surface area contributed by atoms with Crippen LogP contribution >= 0.6 is 0 Å². The van der Waals surface area contributed by atoms with Crippen molar-refractivity contribution in [1.82, 2.24) is 5.32 Å². The third kappa shape index (κ3) is 3.73. The number of nitrogens with one attached hydrogen (secondary N) is 1. The molecular formula is C17H29NO. The molecule has 0 bridgehead atoms. The lowest BCUT2D eigenvalue weighted by Gasteiger charge is -2.34. The summed E-state index contributed by atoms with van der Waals surface area (Å²) < 4.78 is 5.68. The third-order valence-electron chi connectivity index (χ3n) is 3.70. The molecule has 1 rings (SSSR count). The Bertz CT molecular complexity index is 426. The lowest BCUT2D eigenvalue weighted by atomic mass is 9.74. The van der Waals surface area contributed by atoms with Crippen molar-refractivity contribution in [1.29, 1.82) is 0 Å². The molecule has 0 spiro atoms. The summed E-state index contributed by atoms with van der Waals surface area (Å²) in [7, 11) is 3.80. The summed E-state index contributed by atoms with van der Waals surface area (Å²) in [4.78, 5) is 0. The highest BCUT2D eigenvalue weighted by Crippen LogP contribution is 2.38. The Balaban J connectivity index is 3.36. The molecule has 1 unspecified atom stereocenters. The number of hydrogen-bond donors (Lipinski definition) is 1. The molecule has 2 heteroatoms. The predicted molar refractivity (Wildman–Crippen MR) is 83.2 cm³/mol. The minimum Gasteiger partial charge on any atom is -0.496 e. The largest absolute Gasteiger partial charge is 0.496 e. The fraction of sp³-hybridized carbons (Fsp3) is 0.647. The summed E-state index contributed by atoms with van der Waals surface area (Å²) >= 11 is 0. The average molecular weight is 263 g/mol. The van der Waals surface area contributed by atoms with Crippen molar-refractivity contribution in [3.63, 3.8) is 0 Å². The summed E-state index contributed by atoms with van der Waals surface area (Å²) in [6.45, 7) is 12.1. The van der Waals surface area contributed by atoms with Crippen LogP contribution in [0.15, 0.2) is 12.1 Å². The van der Waals surface area contributed by atoms with E-state index in [2.05, 4.69) is 52.1 Å². The topological polar surface area (TPSA) is 21.3 Å². The number of aryl methyl sites for hydroxylation is 2. The smallest absolute Gasteiger partial charge is 0.125 e. The van der Waals surface area contributed by atoms with E-state index in [9.17, 15) is 0 Å². The van der Waals surface area contributed by atoms with Gasteiger partial charge in [-0.25, -0.2) is 0 Å². The monoisotopic (exact) mass is 263 g/mol. The highest BCUT2D eigenvalue weighted by atomic mass is 16.5. The number of benzene rings is 1. The molecule has 1 aromatic rings. The van der Waals surface area contributed by atoms with Crippen molar-refractivity contribution in [2.75, 3.05) is 20.7 Å². The Morgan fingerprint density at radius 3 is 2.37 bits per heavy atom. The molecule has 0 aliphatic rings. The molecule has 0 saturated heterocycles. The van der Waals surface area contributed by atoms with E-state index < -0.39 is 0 Å². The van der Waals surface area contributed by atoms with E-state index >= 15 is 0 Å². The average Bonchev–Trinajstić information content (AvgIpc) is 2.27. The zero-order valence-corrected chi connectivity index (χ0v) is 13.6. The van der Waals surface area contributed by atoms with E-state index in [0.29, 0.717) is 5.92 Å². The molecule has 0 aliphatic heterocycles. The predicted octanol–water partition coefficient (Wildman–Crippen LogP) is 3.84. The first kappa shape index (κ1) is 16.0. The maximum Gasteiger partial charge on any atom is 0.125 e. The maximum absolute atomic E-state index is 5.68. The van der Waals surface area contributed by atoms with E-state index in [-0.39, 0.29) is 5.41 Å². The van der Waals surface area contributed by atoms with Gasteiger partial charge in [-0.05, 0) is 38.8 Å². The van der Waals surface area contributed by atoms with Crippen molar-refractivity contribution in [3.8, 4) is 5.75 Å². The fourth-order valence-electron chi connectivity index (χ4n) is 3.24. The minimum absolute atomic E-state index is 0.102. The Labute approximate surface area is 118 Å². The second-order valence-corrected chi connectivity index (χ2v) is 6.35. The van der Waals surface area contributed by atoms with Gasteiger partial charge >= 0.3 is 0 Å². The quantitative estimate of drug-likeness (QED) is 0.842. The molecule has 19 heavy (non-hydrogen) atoms. The molecule has 0 saturated carbocycles. The van der Waals surface area contributed by atoms with E-state index in [0.717, 1.165) is 18.7 Å². The second kappa shape index (κ2) is 6.42. The summed E-state index contributed by atoms with van der Waals surface area (Å²) in [6, 6.07) is 4.48. The van der Waals surface area contributed by atoms with Crippen LogP contribution in [0.5, 0.6) is 5.75 Å². The van der Waals surface area contributed by atoms with Gasteiger partial charge in [-0.15, -0.1) is 0 Å². The molecule has 1 aromatic carbocycles. The van der Waals surface area contributed by atoms with Crippen molar-refractivity contribution < 1.29 is 4.74 Å². The molecule has 108 valence electrons. The number of ether oxygens (including phenoxy) is 1. The summed E-state index contributed by atoms with van der Waals surface area (Å²) in [5.74, 6) is 1.70. The van der Waals surface area contributed by atoms with Crippen molar-refractivity contribution in [2.24, 2.45) is 5.92 Å². The van der Waals surface area contributed by atoms with Crippen LogP contribution < -0.4 is 10.1 Å². The summed E-state index contributed by atoms with van der Waals surface area (Å²) in [5.41, 5.74) is 3.96. The Hall–Kier alpha value is -1.02. The van der Waals surface area contributed by atoms with E-state index in [1.807, 2.05) is 7.05 Å². The Morgan fingerprint density at radius 2 is 1.89 bits per heavy atom. The Morgan fingerprint density at radius 1 is 1.26 bits per heavy atom. The zero-order valence-electron chi connectivity index (χ0n) is 13.6. The molecule has 0 radical (unpaired) electrons. The van der Waals surface area contributed by atoms with Gasteiger partial charge in [0.1, 0.15) is 5.75 Å². The van der Waals surface area contributed by atoms with Gasteiger partial charge < -0.3 is 10.1 Å². The summed E-state index contributed by atoms with van der Waals surface area (Å²) in [5, 5.41) is 3.35. The standard InChI is InChI=1S/C17H29NO/c1-12(2)10-17(5,11-18-6)15-9-13(3)8-14(4)16(15)19-7/h8-9,12,18H,10-11H2,1-7H3. The highest BCUT2D eigenvalue weighted by molar-refractivity contribution is 5.48. The first-order valence-corrected chi connectivity index (χ1v) is 7.14. The lowest BCUT2D eigenvalue weighted by molar-refractivity contribution is 0.333. The van der Waals surface area contributed by atoms with Crippen LogP contribution in [0, 0.1) is 19.8 Å². The molecule has 1 N–H and O–H groups in total. The van der Waals surface area contributed by atoms with Crippen LogP contribution in [-0.2, 0) is 5.41 Å². The first-order chi connectivity index (χ1) is 8.84. The number of rotatable bonds is 6. The maximum atomic E-state index is 5.68. The first-order valence-electron chi connectivity index (χ1n) is 7.14. The van der Waals surface area contributed by atoms with Gasteiger partial charge in [0, 0.05) is 17.5 Å². The Kier molecular flexibility index (Phi) is 5.42. The molecule has 0 aromatic heterocycles. The molecule has 1 atom stereocenters. The molecule has 0 amide bonds. The van der Waals surface area contributed by atoms with Crippen LogP contribution in [0.3, 0.4) is 0 Å². The molecule has 0 aliphatic carbocycles. The van der Waals surface area contributed by atoms with Crippen LogP contribution in [0.25, 0.3) is 0 Å². The van der Waals surface area contributed by atoms with E-state index in [1.165, 1.54) is 16.7 Å². The lowest BCUT2D eigenvalue weighted by Crippen LogP contribution is -2.35. The molecule has 0 fully saturated rings. The molecule has 0 heterocycles. The SMILES string of the molecule is CNCC(C)(CC(C)C)c1cc(C)cc(C)c1OC. The highest BCUT2D eigenvalue weighted by Gasteiger charge is 2.30. The van der Waals surface area contributed by atoms with E-state index in [4.69, 9.17) is 4.74 Å². The number of hydrogen-bond acceptors (Lipinski definition) is 2. The van der Waals surface area contributed by atoms with E-state index in [1.54, 1.807) is 7.11 Å². The van der Waals surface area contributed by atoms with Gasteiger partial charge in [0.2, 0.25) is 0 Å². The third-order valence-corrected chi connectivity index (χ3v) is 3.70. The van der Waals surface area contributed by atoms with Crippen molar-refractivity contribution in [3.05, 3.63) is 28.8 Å². The summed E-state index contributed by atoms with van der Waals surface area (Å²) in [6.07, 6.45) is 1.15. The van der Waals surface area contributed by atoms with Gasteiger partial charge in [0.05, 0.1) is 7.11 Å². The number of methoxy groups -OCH3 is 1. The van der Waals surface area contributed by atoms with Crippen LogP contribution in [0.2, 0.25) is 0 Å². The number of likely N-dealkylation sites (N-methyl/N-ethyl adjacent to an activating group) is 1. The second-order valence-electron chi connectivity index (χ2n) is 6.35. The zero-order chi connectivity index (χ0) is 14.6.